The quantitative estimate of drug-likeness (QED) is 0.121. The van der Waals surface area contributed by atoms with E-state index in [1.807, 2.05) is 0 Å². The van der Waals surface area contributed by atoms with Gasteiger partial charge >= 0.3 is 0 Å². The highest BCUT2D eigenvalue weighted by molar-refractivity contribution is 5.51. The number of rotatable bonds is 18. The molecule has 3 aliphatic heterocycles. The lowest BCUT2D eigenvalue weighted by Gasteiger charge is -2.38. The van der Waals surface area contributed by atoms with Crippen molar-refractivity contribution in [2.24, 2.45) is 5.92 Å². The number of piperazine rings is 3. The van der Waals surface area contributed by atoms with Gasteiger partial charge in [-0.1, -0.05) is 64.1 Å². The summed E-state index contributed by atoms with van der Waals surface area (Å²) < 4.78 is 10.5. The van der Waals surface area contributed by atoms with Crippen LogP contribution in [-0.4, -0.2) is 140 Å². The number of benzene rings is 3. The molecule has 0 radical (unpaired) electrons. The zero-order valence-electron chi connectivity index (χ0n) is 36.4. The molecule has 4 fully saturated rings. The molecule has 0 bridgehead atoms. The van der Waals surface area contributed by atoms with Gasteiger partial charge < -0.3 is 24.2 Å². The molecule has 3 aromatic rings. The Kier molecular flexibility index (Phi) is 14.5. The van der Waals surface area contributed by atoms with Crippen LogP contribution in [0.5, 0.6) is 0 Å². The maximum absolute atomic E-state index is 5.27. The first-order valence-corrected chi connectivity index (χ1v) is 22.5. The molecule has 1 saturated carbocycles. The summed E-state index contributed by atoms with van der Waals surface area (Å²) in [5, 5.41) is 0. The summed E-state index contributed by atoms with van der Waals surface area (Å²) in [5.74, 6) is 1.85. The van der Waals surface area contributed by atoms with Gasteiger partial charge in [0, 0.05) is 136 Å². The molecule has 3 aromatic carbocycles. The molecule has 3 heterocycles. The zero-order valence-corrected chi connectivity index (χ0v) is 36.4. The molecule has 0 amide bonds. The molecule has 1 aliphatic carbocycles. The summed E-state index contributed by atoms with van der Waals surface area (Å²) in [4.78, 5) is 15.6. The van der Waals surface area contributed by atoms with Gasteiger partial charge in [0.1, 0.15) is 0 Å². The average molecular weight is 779 g/mol. The van der Waals surface area contributed by atoms with Crippen molar-refractivity contribution in [2.45, 2.75) is 76.7 Å². The third-order valence-corrected chi connectivity index (χ3v) is 14.3. The van der Waals surface area contributed by atoms with Gasteiger partial charge in [0.2, 0.25) is 0 Å². The van der Waals surface area contributed by atoms with Gasteiger partial charge in [0.15, 0.2) is 0 Å². The molecule has 0 spiro atoms. The maximum Gasteiger partial charge on any atom is 0.0589 e. The second kappa shape index (κ2) is 19.7. The molecule has 0 aromatic heterocycles. The first kappa shape index (κ1) is 42.0. The molecule has 8 heteroatoms. The van der Waals surface area contributed by atoms with Gasteiger partial charge in [-0.15, -0.1) is 0 Å². The lowest BCUT2D eigenvalue weighted by atomic mass is 9.79. The van der Waals surface area contributed by atoms with E-state index in [1.165, 1.54) is 53.0 Å². The second-order valence-electron chi connectivity index (χ2n) is 18.3. The molecular weight excluding hydrogens is 705 g/mol. The van der Waals surface area contributed by atoms with Crippen LogP contribution >= 0.6 is 0 Å². The number of ether oxygens (including phenoxy) is 2. The largest absolute Gasteiger partial charge is 0.385 e. The number of hydrogen-bond donors (Lipinski definition) is 0. The minimum Gasteiger partial charge on any atom is -0.385 e. The topological polar surface area (TPSA) is 37.9 Å². The van der Waals surface area contributed by atoms with Crippen LogP contribution in [0.15, 0.2) is 72.8 Å². The summed E-state index contributed by atoms with van der Waals surface area (Å²) in [6.45, 7) is 27.1. The average Bonchev–Trinajstić information content (AvgIpc) is 4.08. The van der Waals surface area contributed by atoms with Gasteiger partial charge in [0.05, 0.1) is 6.61 Å². The van der Waals surface area contributed by atoms with E-state index in [1.54, 1.807) is 14.2 Å². The molecule has 312 valence electrons. The fourth-order valence-electron chi connectivity index (χ4n) is 9.96. The maximum atomic E-state index is 5.27. The van der Waals surface area contributed by atoms with Crippen molar-refractivity contribution >= 4 is 17.1 Å². The van der Waals surface area contributed by atoms with Gasteiger partial charge in [-0.3, -0.25) is 14.7 Å². The van der Waals surface area contributed by atoms with Crippen molar-refractivity contribution in [1.82, 2.24) is 14.7 Å². The molecule has 7 rings (SSSR count). The number of nitrogens with zero attached hydrogens (tertiary/aromatic N) is 6. The minimum atomic E-state index is 0.190. The molecular formula is C49H74N6O2. The summed E-state index contributed by atoms with van der Waals surface area (Å²) >= 11 is 0. The molecule has 4 atom stereocenters. The van der Waals surface area contributed by atoms with Gasteiger partial charge in [-0.2, -0.15) is 0 Å². The lowest BCUT2D eigenvalue weighted by molar-refractivity contribution is 0.144. The van der Waals surface area contributed by atoms with Gasteiger partial charge in [0.25, 0.3) is 0 Å². The van der Waals surface area contributed by atoms with Crippen LogP contribution in [0.2, 0.25) is 0 Å². The van der Waals surface area contributed by atoms with E-state index in [-0.39, 0.29) is 5.41 Å². The summed E-state index contributed by atoms with van der Waals surface area (Å²) in [6.07, 6.45) is 4.87. The Morgan fingerprint density at radius 2 is 0.965 bits per heavy atom. The fraction of sp³-hybridized carbons (Fsp3) is 0.633. The van der Waals surface area contributed by atoms with Crippen molar-refractivity contribution in [1.29, 1.82) is 0 Å². The van der Waals surface area contributed by atoms with E-state index in [4.69, 9.17) is 9.47 Å². The summed E-state index contributed by atoms with van der Waals surface area (Å²) in [7, 11) is 3.59. The third-order valence-electron chi connectivity index (χ3n) is 14.3. The SMILES string of the molecule is COCCCN1CCN(c2ccc(C(C)(C)C3CC3N3CCN(c4ccc(C(C)CCC(C)c5ccc(N6CCN(CCOC)CC6)cc5)cc4)CC3)cc2)CC1. The predicted octanol–water partition coefficient (Wildman–Crippen LogP) is 7.79. The molecule has 8 nitrogen and oxygen atoms in total. The highest BCUT2D eigenvalue weighted by atomic mass is 16.5. The Hall–Kier alpha value is -3.14. The smallest absolute Gasteiger partial charge is 0.0589 e. The van der Waals surface area contributed by atoms with Gasteiger partial charge in [-0.05, 0) is 102 Å². The molecule has 3 saturated heterocycles. The van der Waals surface area contributed by atoms with Crippen molar-refractivity contribution in [3.05, 3.63) is 89.5 Å². The van der Waals surface area contributed by atoms with Crippen molar-refractivity contribution in [3.8, 4) is 0 Å². The molecule has 4 unspecified atom stereocenters. The van der Waals surface area contributed by atoms with Crippen LogP contribution in [0.1, 0.15) is 81.9 Å². The fourth-order valence-corrected chi connectivity index (χ4v) is 9.96. The molecule has 57 heavy (non-hydrogen) atoms. The van der Waals surface area contributed by atoms with E-state index in [2.05, 4.69) is 130 Å². The summed E-state index contributed by atoms with van der Waals surface area (Å²) in [6, 6.07) is 29.3. The summed E-state index contributed by atoms with van der Waals surface area (Å²) in [5.41, 5.74) is 8.74. The van der Waals surface area contributed by atoms with Crippen LogP contribution in [0.4, 0.5) is 17.1 Å². The van der Waals surface area contributed by atoms with Crippen LogP contribution in [-0.2, 0) is 14.9 Å². The van der Waals surface area contributed by atoms with E-state index < -0.39 is 0 Å². The Morgan fingerprint density at radius 1 is 0.544 bits per heavy atom. The van der Waals surface area contributed by atoms with E-state index in [9.17, 15) is 0 Å². The number of methoxy groups -OCH3 is 2. The Labute approximate surface area is 346 Å². The highest BCUT2D eigenvalue weighted by Crippen LogP contribution is 2.50. The predicted molar refractivity (Wildman–Crippen MR) is 240 cm³/mol. The Morgan fingerprint density at radius 3 is 1.42 bits per heavy atom. The number of hydrogen-bond acceptors (Lipinski definition) is 8. The van der Waals surface area contributed by atoms with Crippen LogP contribution in [0.3, 0.4) is 0 Å². The number of anilines is 3. The molecule has 0 N–H and O–H groups in total. The second-order valence-corrected chi connectivity index (χ2v) is 18.3. The van der Waals surface area contributed by atoms with Crippen molar-refractivity contribution < 1.29 is 9.47 Å². The highest BCUT2D eigenvalue weighted by Gasteiger charge is 2.51. The lowest BCUT2D eigenvalue weighted by Crippen LogP contribution is -2.48. The van der Waals surface area contributed by atoms with Gasteiger partial charge in [-0.25, -0.2) is 0 Å². The Bertz CT molecular complexity index is 1620. The first-order valence-electron chi connectivity index (χ1n) is 22.5. The normalized spacial score (nSPS) is 22.5. The monoisotopic (exact) mass is 779 g/mol. The molecule has 4 aliphatic rings. The van der Waals surface area contributed by atoms with E-state index in [0.717, 1.165) is 117 Å². The van der Waals surface area contributed by atoms with Crippen LogP contribution in [0, 0.1) is 5.92 Å². The Balaban J connectivity index is 0.815. The standard InChI is InChI=1S/C49H74N6O2/c1-39(41-10-16-44(17-11-41)52-29-25-51(26-30-52)35-37-57-6)8-9-40(2)42-12-18-45(19-13-42)54-31-33-55(34-32-54)48-38-47(48)49(3,4)43-14-20-46(21-15-43)53-27-23-50(24-28-53)22-7-36-56-5/h10-21,39-40,47-48H,7-9,22-38H2,1-6H3. The van der Waals surface area contributed by atoms with Crippen LogP contribution in [0.25, 0.3) is 0 Å². The van der Waals surface area contributed by atoms with Crippen molar-refractivity contribution in [2.75, 3.05) is 134 Å². The van der Waals surface area contributed by atoms with E-state index in [0.29, 0.717) is 17.9 Å². The van der Waals surface area contributed by atoms with E-state index >= 15 is 0 Å². The first-order chi connectivity index (χ1) is 27.7. The zero-order chi connectivity index (χ0) is 39.8. The third kappa shape index (κ3) is 10.7. The van der Waals surface area contributed by atoms with Crippen LogP contribution < -0.4 is 14.7 Å². The van der Waals surface area contributed by atoms with Crippen molar-refractivity contribution in [3.63, 3.8) is 0 Å². The minimum absolute atomic E-state index is 0.190.